The first kappa shape index (κ1) is 26.7. The predicted octanol–water partition coefficient (Wildman–Crippen LogP) is 5.25. The van der Waals surface area contributed by atoms with Crippen molar-refractivity contribution in [3.63, 3.8) is 0 Å². The Labute approximate surface area is 249 Å². The largest absolute Gasteiger partial charge is 0.461 e. The molecule has 4 aliphatic heterocycles. The Balaban J connectivity index is 1.26. The predicted molar refractivity (Wildman–Crippen MR) is 163 cm³/mol. The number of benzene rings is 2. The van der Waals surface area contributed by atoms with Crippen LogP contribution in [-0.2, 0) is 0 Å². The highest BCUT2D eigenvalue weighted by atomic mass is 19.1. The van der Waals surface area contributed by atoms with Gasteiger partial charge < -0.3 is 15.0 Å². The van der Waals surface area contributed by atoms with Gasteiger partial charge in [-0.05, 0) is 50.6 Å². The molecule has 0 aliphatic carbocycles. The molecule has 6 heterocycles. The summed E-state index contributed by atoms with van der Waals surface area (Å²) in [5.41, 5.74) is 1.54. The van der Waals surface area contributed by atoms with Crippen molar-refractivity contribution >= 4 is 27.5 Å². The Kier molecular flexibility index (Phi) is 6.46. The van der Waals surface area contributed by atoms with Crippen LogP contribution in [0.3, 0.4) is 0 Å². The molecule has 9 heteroatoms. The van der Waals surface area contributed by atoms with Gasteiger partial charge >= 0.3 is 6.01 Å². The van der Waals surface area contributed by atoms with Crippen LogP contribution < -0.4 is 15.0 Å². The third-order valence-corrected chi connectivity index (χ3v) is 9.81. The Morgan fingerprint density at radius 1 is 1.09 bits per heavy atom. The molecule has 0 saturated carbocycles. The summed E-state index contributed by atoms with van der Waals surface area (Å²) < 4.78 is 37.5. The molecule has 2 bridgehead atoms. The van der Waals surface area contributed by atoms with Crippen LogP contribution in [0.4, 0.5) is 14.6 Å². The number of nitrogens with one attached hydrogen (secondary N) is 1. The van der Waals surface area contributed by atoms with E-state index in [1.807, 2.05) is 36.4 Å². The fourth-order valence-electron chi connectivity index (χ4n) is 7.91. The van der Waals surface area contributed by atoms with Gasteiger partial charge in [0.2, 0.25) is 0 Å². The molecule has 8 rings (SSSR count). The number of ether oxygens (including phenoxy) is 1. The van der Waals surface area contributed by atoms with Crippen LogP contribution in [0.25, 0.3) is 32.9 Å². The lowest BCUT2D eigenvalue weighted by molar-refractivity contribution is 0.107. The van der Waals surface area contributed by atoms with Gasteiger partial charge in [0.05, 0.1) is 10.9 Å². The number of hydrogen-bond donors (Lipinski definition) is 1. The van der Waals surface area contributed by atoms with Gasteiger partial charge in [0, 0.05) is 60.8 Å². The number of rotatable bonds is 5. The normalized spacial score (nSPS) is 26.6. The summed E-state index contributed by atoms with van der Waals surface area (Å²) in [7, 11) is 0. The Morgan fingerprint density at radius 3 is 2.72 bits per heavy atom. The van der Waals surface area contributed by atoms with Crippen LogP contribution >= 0.6 is 0 Å². The molecule has 4 aliphatic rings. The zero-order valence-electron chi connectivity index (χ0n) is 24.2. The molecule has 0 amide bonds. The molecule has 4 fully saturated rings. The molecule has 43 heavy (non-hydrogen) atoms. The second-order valence-electron chi connectivity index (χ2n) is 12.5. The molecule has 2 unspecified atom stereocenters. The zero-order valence-corrected chi connectivity index (χ0v) is 24.2. The van der Waals surface area contributed by atoms with Crippen LogP contribution in [0.1, 0.15) is 44.6 Å². The number of anilines is 1. The molecular weight excluding hydrogens is 546 g/mol. The van der Waals surface area contributed by atoms with Crippen LogP contribution in [-0.4, -0.2) is 76.4 Å². The van der Waals surface area contributed by atoms with Gasteiger partial charge in [-0.2, -0.15) is 9.97 Å². The first-order chi connectivity index (χ1) is 21.0. The van der Waals surface area contributed by atoms with E-state index in [9.17, 15) is 4.39 Å². The maximum absolute atomic E-state index is 16.8. The summed E-state index contributed by atoms with van der Waals surface area (Å²) in [6, 6.07) is 12.6. The van der Waals surface area contributed by atoms with E-state index in [1.165, 1.54) is 0 Å². The van der Waals surface area contributed by atoms with Gasteiger partial charge in [-0.3, -0.25) is 9.88 Å². The third-order valence-electron chi connectivity index (χ3n) is 9.81. The molecule has 4 saturated heterocycles. The van der Waals surface area contributed by atoms with E-state index < -0.39 is 12.0 Å². The minimum atomic E-state index is -0.859. The summed E-state index contributed by atoms with van der Waals surface area (Å²) in [4.78, 5) is 18.7. The molecule has 4 aromatic rings. The average Bonchev–Trinajstić information content (AvgIpc) is 3.66. The maximum atomic E-state index is 16.8. The number of aromatic nitrogens is 3. The van der Waals surface area contributed by atoms with E-state index >= 15 is 4.39 Å². The number of hydrogen-bond acceptors (Lipinski definition) is 7. The number of piperazine rings is 1. The second kappa shape index (κ2) is 10.4. The quantitative estimate of drug-likeness (QED) is 0.324. The van der Waals surface area contributed by atoms with Crippen molar-refractivity contribution in [2.75, 3.05) is 37.7 Å². The van der Waals surface area contributed by atoms with Crippen molar-refractivity contribution in [1.82, 2.24) is 25.2 Å². The summed E-state index contributed by atoms with van der Waals surface area (Å²) in [5, 5.41) is 6.05. The van der Waals surface area contributed by atoms with Crippen LogP contribution in [0.5, 0.6) is 6.01 Å². The lowest BCUT2D eigenvalue weighted by Gasteiger charge is -2.34. The Bertz CT molecular complexity index is 1790. The Hall–Kier alpha value is -3.87. The number of nitrogens with zero attached hydrogens (tertiary/aromatic N) is 5. The molecule has 4 atom stereocenters. The van der Waals surface area contributed by atoms with E-state index in [-0.39, 0.29) is 29.4 Å². The number of halogens is 2. The van der Waals surface area contributed by atoms with E-state index in [4.69, 9.17) is 14.7 Å². The Morgan fingerprint density at radius 2 is 1.91 bits per heavy atom. The molecule has 1 N–H and O–H groups in total. The standard InChI is InChI=1S/C34H34F2N6O/c1-2-6-21-7-3-8-22-9-4-10-26(28(21)22)30-29(36)31-27(16-37-30)32(41-18-24-11-12-25(19-41)38-24)40-33(39-31)43-20-34-13-5-14-42(34)17-23(35)15-34/h3-4,7-10,16,23-25,38H,5,11-15,17-20H2,1H3/t23-,24?,25?,34+/m0/s1. The van der Waals surface area contributed by atoms with Crippen LogP contribution in [0, 0.1) is 17.7 Å². The lowest BCUT2D eigenvalue weighted by atomic mass is 9.95. The molecule has 2 aromatic carbocycles. The highest BCUT2D eigenvalue weighted by Crippen LogP contribution is 2.41. The van der Waals surface area contributed by atoms with Crippen molar-refractivity contribution in [3.05, 3.63) is 54.0 Å². The van der Waals surface area contributed by atoms with Crippen molar-refractivity contribution in [2.45, 2.75) is 62.8 Å². The maximum Gasteiger partial charge on any atom is 0.319 e. The number of fused-ring (bicyclic) bond motifs is 5. The summed E-state index contributed by atoms with van der Waals surface area (Å²) in [6.45, 7) is 4.94. The van der Waals surface area contributed by atoms with E-state index in [0.717, 1.165) is 61.7 Å². The monoisotopic (exact) mass is 580 g/mol. The van der Waals surface area contributed by atoms with Gasteiger partial charge in [-0.1, -0.05) is 36.3 Å². The van der Waals surface area contributed by atoms with Crippen molar-refractivity contribution < 1.29 is 13.5 Å². The van der Waals surface area contributed by atoms with Crippen molar-refractivity contribution in [1.29, 1.82) is 0 Å². The van der Waals surface area contributed by atoms with Crippen molar-refractivity contribution in [3.8, 4) is 29.1 Å². The zero-order chi connectivity index (χ0) is 29.1. The minimum Gasteiger partial charge on any atom is -0.461 e. The van der Waals surface area contributed by atoms with Gasteiger partial charge in [0.25, 0.3) is 0 Å². The van der Waals surface area contributed by atoms with Gasteiger partial charge in [-0.15, -0.1) is 5.92 Å². The fraction of sp³-hybridized carbons (Fsp3) is 0.441. The summed E-state index contributed by atoms with van der Waals surface area (Å²) in [6.07, 6.45) is 5.40. The second-order valence-corrected chi connectivity index (χ2v) is 12.5. The van der Waals surface area contributed by atoms with E-state index in [2.05, 4.69) is 31.9 Å². The third kappa shape index (κ3) is 4.50. The van der Waals surface area contributed by atoms with Crippen molar-refractivity contribution in [2.24, 2.45) is 0 Å². The first-order valence-electron chi connectivity index (χ1n) is 15.4. The SMILES string of the molecule is CC#Cc1cccc2cccc(-c3ncc4c(N5CC6CCC(C5)N6)nc(OC[C@]56CCCN5C[C@@H](F)C6)nc4c3F)c12. The summed E-state index contributed by atoms with van der Waals surface area (Å²) in [5.74, 6) is 6.27. The topological polar surface area (TPSA) is 66.4 Å². The molecule has 220 valence electrons. The smallest absolute Gasteiger partial charge is 0.319 e. The average molecular weight is 581 g/mol. The van der Waals surface area contributed by atoms with E-state index in [0.29, 0.717) is 41.8 Å². The highest BCUT2D eigenvalue weighted by molar-refractivity contribution is 6.02. The number of alkyl halides is 1. The highest BCUT2D eigenvalue weighted by Gasteiger charge is 2.49. The van der Waals surface area contributed by atoms with Gasteiger partial charge in [-0.25, -0.2) is 8.78 Å². The van der Waals surface area contributed by atoms with Crippen LogP contribution in [0.15, 0.2) is 42.6 Å². The van der Waals surface area contributed by atoms with Gasteiger partial charge in [0.1, 0.15) is 29.8 Å². The molecule has 7 nitrogen and oxygen atoms in total. The minimum absolute atomic E-state index is 0.128. The number of pyridine rings is 1. The molecule has 2 aromatic heterocycles. The summed E-state index contributed by atoms with van der Waals surface area (Å²) >= 11 is 0. The van der Waals surface area contributed by atoms with Gasteiger partial charge in [0.15, 0.2) is 5.82 Å². The van der Waals surface area contributed by atoms with Crippen LogP contribution in [0.2, 0.25) is 0 Å². The molecule has 0 spiro atoms. The fourth-order valence-corrected chi connectivity index (χ4v) is 7.91. The van der Waals surface area contributed by atoms with E-state index in [1.54, 1.807) is 13.1 Å². The molecule has 0 radical (unpaired) electrons. The first-order valence-corrected chi connectivity index (χ1v) is 15.4. The lowest BCUT2D eigenvalue weighted by Crippen LogP contribution is -2.51. The molecular formula is C34H34F2N6O.